The van der Waals surface area contributed by atoms with E-state index < -0.39 is 5.60 Å². The molecule has 0 N–H and O–H groups in total. The Morgan fingerprint density at radius 3 is 2.27 bits per heavy atom. The summed E-state index contributed by atoms with van der Waals surface area (Å²) in [7, 11) is 1.40. The van der Waals surface area contributed by atoms with Crippen LogP contribution in [0.1, 0.15) is 39.2 Å². The van der Waals surface area contributed by atoms with Crippen LogP contribution in [-0.2, 0) is 20.7 Å². The first-order chi connectivity index (χ1) is 12.3. The molecule has 3 heterocycles. The van der Waals surface area contributed by atoms with Crippen molar-refractivity contribution < 1.29 is 19.1 Å². The van der Waals surface area contributed by atoms with Gasteiger partial charge < -0.3 is 19.3 Å². The highest BCUT2D eigenvalue weighted by molar-refractivity contribution is 5.73. The Hall–Kier alpha value is -2.24. The number of fused-ring (bicyclic) bond motifs is 3. The van der Waals surface area contributed by atoms with Crippen molar-refractivity contribution >= 4 is 17.7 Å². The molecule has 1 aromatic rings. The number of benzene rings is 1. The maximum Gasteiger partial charge on any atom is 0.410 e. The van der Waals surface area contributed by atoms with E-state index in [4.69, 9.17) is 9.47 Å². The Kier molecular flexibility index (Phi) is 5.12. The molecule has 6 heteroatoms. The lowest BCUT2D eigenvalue weighted by atomic mass is 9.90. The van der Waals surface area contributed by atoms with Gasteiger partial charge in [0.15, 0.2) is 0 Å². The zero-order valence-electron chi connectivity index (χ0n) is 16.0. The molecule has 4 rings (SSSR count). The molecule has 0 aromatic heterocycles. The van der Waals surface area contributed by atoms with Gasteiger partial charge in [0.25, 0.3) is 0 Å². The van der Waals surface area contributed by atoms with Gasteiger partial charge in [-0.3, -0.25) is 4.79 Å². The zero-order valence-corrected chi connectivity index (χ0v) is 16.0. The molecule has 0 radical (unpaired) electrons. The van der Waals surface area contributed by atoms with Gasteiger partial charge in [0.2, 0.25) is 0 Å². The molecule has 0 aliphatic carbocycles. The number of carbonyl (C=O) groups is 2. The van der Waals surface area contributed by atoms with E-state index in [-0.39, 0.29) is 24.5 Å². The first kappa shape index (κ1) is 18.5. The summed E-state index contributed by atoms with van der Waals surface area (Å²) in [5, 5.41) is 0. The molecule has 3 saturated heterocycles. The Bertz CT molecular complexity index is 665. The number of ether oxygens (including phenoxy) is 2. The molecule has 2 atom stereocenters. The van der Waals surface area contributed by atoms with Gasteiger partial charge in [-0.2, -0.15) is 0 Å². The number of nitrogens with zero attached hydrogens (tertiary/aromatic N) is 2. The molecule has 2 unspecified atom stereocenters. The number of rotatable bonds is 3. The van der Waals surface area contributed by atoms with Crippen LogP contribution < -0.4 is 4.90 Å². The molecule has 0 saturated carbocycles. The van der Waals surface area contributed by atoms with Crippen LogP contribution >= 0.6 is 0 Å². The number of methoxy groups -OCH3 is 1. The van der Waals surface area contributed by atoms with E-state index in [1.54, 1.807) is 0 Å². The van der Waals surface area contributed by atoms with Crippen molar-refractivity contribution in [3.63, 3.8) is 0 Å². The largest absolute Gasteiger partial charge is 0.469 e. The second-order valence-corrected chi connectivity index (χ2v) is 8.09. The van der Waals surface area contributed by atoms with Crippen LogP contribution in [0.5, 0.6) is 0 Å². The number of carbonyl (C=O) groups excluding carboxylic acids is 2. The number of amides is 1. The summed E-state index contributed by atoms with van der Waals surface area (Å²) in [5.74, 6) is -0.234. The normalized spacial score (nSPS) is 22.3. The Morgan fingerprint density at radius 2 is 1.73 bits per heavy atom. The lowest BCUT2D eigenvalue weighted by Crippen LogP contribution is -2.64. The van der Waals surface area contributed by atoms with Crippen molar-refractivity contribution in [3.05, 3.63) is 29.8 Å². The second kappa shape index (κ2) is 7.17. The van der Waals surface area contributed by atoms with Crippen molar-refractivity contribution in [3.8, 4) is 0 Å². The molecule has 2 bridgehead atoms. The van der Waals surface area contributed by atoms with Gasteiger partial charge in [0.1, 0.15) is 5.60 Å². The van der Waals surface area contributed by atoms with Gasteiger partial charge in [-0.05, 0) is 51.3 Å². The fourth-order valence-corrected chi connectivity index (χ4v) is 3.73. The number of hydrogen-bond donors (Lipinski definition) is 0. The van der Waals surface area contributed by atoms with Gasteiger partial charge in [-0.15, -0.1) is 0 Å². The summed E-state index contributed by atoms with van der Waals surface area (Å²) in [6.07, 6.45) is 2.17. The number of esters is 1. The van der Waals surface area contributed by atoms with Crippen LogP contribution in [0.25, 0.3) is 0 Å². The van der Waals surface area contributed by atoms with E-state index in [0.29, 0.717) is 12.6 Å². The summed E-state index contributed by atoms with van der Waals surface area (Å²) in [6, 6.07) is 8.54. The van der Waals surface area contributed by atoms with Crippen LogP contribution in [0, 0.1) is 0 Å². The predicted octanol–water partition coefficient (Wildman–Crippen LogP) is 2.99. The quantitative estimate of drug-likeness (QED) is 0.776. The molecule has 0 spiro atoms. The smallest absolute Gasteiger partial charge is 0.410 e. The zero-order chi connectivity index (χ0) is 18.9. The first-order valence-electron chi connectivity index (χ1n) is 9.19. The van der Waals surface area contributed by atoms with Crippen molar-refractivity contribution in [2.45, 2.75) is 57.7 Å². The molecule has 26 heavy (non-hydrogen) atoms. The van der Waals surface area contributed by atoms with E-state index in [0.717, 1.165) is 30.6 Å². The summed E-state index contributed by atoms with van der Waals surface area (Å²) >= 11 is 0. The first-order valence-corrected chi connectivity index (χ1v) is 9.19. The van der Waals surface area contributed by atoms with Crippen LogP contribution in [-0.4, -0.2) is 54.8 Å². The minimum atomic E-state index is -0.469. The highest BCUT2D eigenvalue weighted by atomic mass is 16.6. The summed E-state index contributed by atoms with van der Waals surface area (Å²) < 4.78 is 10.3. The van der Waals surface area contributed by atoms with Crippen molar-refractivity contribution in [2.24, 2.45) is 0 Å². The third-order valence-corrected chi connectivity index (χ3v) is 5.00. The third kappa shape index (κ3) is 4.11. The molecule has 6 nitrogen and oxygen atoms in total. The number of anilines is 1. The standard InChI is InChI=1S/C20H28N2O4/c1-20(2,3)26-19(24)22-13-16-9-10-17(22)12-21(16)15-7-5-14(6-8-15)11-18(23)25-4/h5-8,16-17H,9-13H2,1-4H3. The maximum absolute atomic E-state index is 12.5. The molecule has 3 aliphatic rings. The lowest BCUT2D eigenvalue weighted by Gasteiger charge is -2.52. The molecule has 3 aliphatic heterocycles. The topological polar surface area (TPSA) is 59.1 Å². The Morgan fingerprint density at radius 1 is 1.08 bits per heavy atom. The van der Waals surface area contributed by atoms with Gasteiger partial charge >= 0.3 is 12.1 Å². The van der Waals surface area contributed by atoms with E-state index in [2.05, 4.69) is 17.0 Å². The van der Waals surface area contributed by atoms with E-state index in [1.165, 1.54) is 7.11 Å². The van der Waals surface area contributed by atoms with Crippen LogP contribution in [0.15, 0.2) is 24.3 Å². The lowest BCUT2D eigenvalue weighted by molar-refractivity contribution is -0.139. The molecule has 1 aromatic carbocycles. The van der Waals surface area contributed by atoms with Gasteiger partial charge in [0, 0.05) is 24.8 Å². The van der Waals surface area contributed by atoms with E-state index >= 15 is 0 Å². The fraction of sp³-hybridized carbons (Fsp3) is 0.600. The van der Waals surface area contributed by atoms with E-state index in [1.807, 2.05) is 37.8 Å². The van der Waals surface area contributed by atoms with Crippen LogP contribution in [0.2, 0.25) is 0 Å². The highest BCUT2D eigenvalue weighted by Crippen LogP contribution is 2.33. The van der Waals surface area contributed by atoms with E-state index in [9.17, 15) is 9.59 Å². The van der Waals surface area contributed by atoms with Crippen LogP contribution in [0.3, 0.4) is 0 Å². The SMILES string of the molecule is COC(=O)Cc1ccc(N2CC3CCC2CN3C(=O)OC(C)(C)C)cc1. The summed E-state index contributed by atoms with van der Waals surface area (Å²) in [5.41, 5.74) is 1.61. The predicted molar refractivity (Wildman–Crippen MR) is 99.3 cm³/mol. The van der Waals surface area contributed by atoms with Crippen molar-refractivity contribution in [2.75, 3.05) is 25.1 Å². The molecule has 142 valence electrons. The molecular weight excluding hydrogens is 332 g/mol. The van der Waals surface area contributed by atoms with Crippen molar-refractivity contribution in [1.82, 2.24) is 4.90 Å². The second-order valence-electron chi connectivity index (χ2n) is 8.09. The molecule has 1 amide bonds. The number of piperazine rings is 1. The average molecular weight is 360 g/mol. The highest BCUT2D eigenvalue weighted by Gasteiger charge is 2.42. The third-order valence-electron chi connectivity index (χ3n) is 5.00. The maximum atomic E-state index is 12.5. The summed E-state index contributed by atoms with van der Waals surface area (Å²) in [4.78, 5) is 28.1. The Balaban J connectivity index is 1.66. The average Bonchev–Trinajstić information content (AvgIpc) is 2.61. The minimum absolute atomic E-state index is 0.185. The Labute approximate surface area is 155 Å². The minimum Gasteiger partial charge on any atom is -0.469 e. The van der Waals surface area contributed by atoms with Gasteiger partial charge in [-0.25, -0.2) is 4.79 Å². The van der Waals surface area contributed by atoms with Gasteiger partial charge in [0.05, 0.1) is 19.6 Å². The number of piperidine rings is 2. The molecule has 3 fully saturated rings. The fourth-order valence-electron chi connectivity index (χ4n) is 3.73. The van der Waals surface area contributed by atoms with Gasteiger partial charge in [-0.1, -0.05) is 12.1 Å². The monoisotopic (exact) mass is 360 g/mol. The van der Waals surface area contributed by atoms with Crippen LogP contribution in [0.4, 0.5) is 10.5 Å². The summed E-state index contributed by atoms with van der Waals surface area (Å²) in [6.45, 7) is 7.21. The molecular formula is C20H28N2O4. The van der Waals surface area contributed by atoms with Crippen molar-refractivity contribution in [1.29, 1.82) is 0 Å². The number of hydrogen-bond acceptors (Lipinski definition) is 5.